The van der Waals surface area contributed by atoms with Crippen molar-refractivity contribution in [2.24, 2.45) is 4.99 Å². The summed E-state index contributed by atoms with van der Waals surface area (Å²) in [6.07, 6.45) is 7.16. The lowest BCUT2D eigenvalue weighted by atomic mass is 10.0. The summed E-state index contributed by atoms with van der Waals surface area (Å²) in [4.78, 5) is 32.5. The zero-order chi connectivity index (χ0) is 24.4. The third-order valence-corrected chi connectivity index (χ3v) is 8.12. The van der Waals surface area contributed by atoms with Gasteiger partial charge in [-0.2, -0.15) is 0 Å². The first kappa shape index (κ1) is 24.9. The highest BCUT2D eigenvalue weighted by Gasteiger charge is 2.33. The number of rotatable bonds is 6. The molecule has 0 spiro atoms. The van der Waals surface area contributed by atoms with Gasteiger partial charge in [-0.3, -0.25) is 9.36 Å². The van der Waals surface area contributed by atoms with Crippen LogP contribution in [-0.4, -0.2) is 23.8 Å². The lowest BCUT2D eigenvalue weighted by molar-refractivity contribution is -0.139. The fraction of sp³-hybridized carbons (Fsp3) is 0.208. The molecule has 1 aromatic carbocycles. The maximum absolute atomic E-state index is 13.7. The van der Waals surface area contributed by atoms with Gasteiger partial charge < -0.3 is 9.47 Å². The Balaban J connectivity index is 1.94. The number of thiazole rings is 1. The number of benzene rings is 1. The maximum atomic E-state index is 13.7. The molecule has 3 heterocycles. The van der Waals surface area contributed by atoms with Gasteiger partial charge in [-0.05, 0) is 66.1 Å². The molecule has 0 bridgehead atoms. The van der Waals surface area contributed by atoms with Gasteiger partial charge >= 0.3 is 5.97 Å². The van der Waals surface area contributed by atoms with Crippen molar-refractivity contribution in [3.8, 4) is 18.1 Å². The van der Waals surface area contributed by atoms with Gasteiger partial charge in [0.25, 0.3) is 5.56 Å². The van der Waals surface area contributed by atoms with Crippen molar-refractivity contribution in [1.29, 1.82) is 0 Å². The molecule has 2 aromatic heterocycles. The number of hydrogen-bond donors (Lipinski definition) is 0. The largest absolute Gasteiger partial charge is 0.479 e. The molecule has 0 saturated carbocycles. The molecule has 3 aromatic rings. The fourth-order valence-corrected chi connectivity index (χ4v) is 7.17. The Bertz CT molecular complexity index is 1510. The number of ether oxygens (including phenoxy) is 2. The second-order valence-corrected chi connectivity index (χ2v) is 11.2. The van der Waals surface area contributed by atoms with Crippen molar-refractivity contribution < 1.29 is 14.3 Å². The van der Waals surface area contributed by atoms with E-state index in [-0.39, 0.29) is 18.8 Å². The van der Waals surface area contributed by atoms with E-state index >= 15 is 0 Å². The first-order valence-corrected chi connectivity index (χ1v) is 13.7. The second-order valence-electron chi connectivity index (χ2n) is 7.12. The molecule has 4 rings (SSSR count). The summed E-state index contributed by atoms with van der Waals surface area (Å²) in [5.41, 5.74) is 1.39. The summed E-state index contributed by atoms with van der Waals surface area (Å²) in [5, 5.41) is 1.92. The van der Waals surface area contributed by atoms with Crippen LogP contribution < -0.4 is 19.6 Å². The number of nitrogens with zero attached hydrogens (tertiary/aromatic N) is 2. The van der Waals surface area contributed by atoms with E-state index in [0.717, 1.165) is 12.9 Å². The Hall–Kier alpha value is -2.20. The number of carbonyl (C=O) groups excluding carboxylic acids is 1. The molecule has 1 aliphatic heterocycles. The Kier molecular flexibility index (Phi) is 7.77. The molecule has 174 valence electrons. The van der Waals surface area contributed by atoms with Crippen LogP contribution in [0.15, 0.2) is 55.2 Å². The van der Waals surface area contributed by atoms with E-state index in [0.29, 0.717) is 31.9 Å². The Morgan fingerprint density at radius 3 is 2.91 bits per heavy atom. The van der Waals surface area contributed by atoms with Gasteiger partial charge in [0, 0.05) is 14.9 Å². The van der Waals surface area contributed by atoms with E-state index in [1.54, 1.807) is 24.5 Å². The molecule has 0 aliphatic carbocycles. The van der Waals surface area contributed by atoms with E-state index in [2.05, 4.69) is 49.4 Å². The minimum Gasteiger partial charge on any atom is -0.479 e. The normalized spacial score (nSPS) is 15.5. The predicted octanol–water partition coefficient (Wildman–Crippen LogP) is 4.24. The molecule has 0 unspecified atom stereocenters. The van der Waals surface area contributed by atoms with Crippen molar-refractivity contribution in [3.63, 3.8) is 0 Å². The van der Waals surface area contributed by atoms with Crippen LogP contribution in [0.4, 0.5) is 0 Å². The molecule has 0 radical (unpaired) electrons. The molecule has 1 atom stereocenters. The lowest BCUT2D eigenvalue weighted by Gasteiger charge is -2.23. The third-order valence-electron chi connectivity index (χ3n) is 4.95. The number of terminal acetylenes is 1. The number of halogens is 2. The van der Waals surface area contributed by atoms with Gasteiger partial charge in [-0.15, -0.1) is 17.8 Å². The van der Waals surface area contributed by atoms with Crippen LogP contribution >= 0.6 is 61.2 Å². The van der Waals surface area contributed by atoms with Gasteiger partial charge in [0.1, 0.15) is 18.4 Å². The summed E-state index contributed by atoms with van der Waals surface area (Å²) in [7, 11) is 0. The smallest absolute Gasteiger partial charge is 0.338 e. The highest BCUT2D eigenvalue weighted by Crippen LogP contribution is 2.33. The second kappa shape index (κ2) is 10.6. The average Bonchev–Trinajstić information content (AvgIpc) is 3.41. The third kappa shape index (κ3) is 4.79. The Morgan fingerprint density at radius 2 is 2.24 bits per heavy atom. The maximum Gasteiger partial charge on any atom is 0.338 e. The Labute approximate surface area is 225 Å². The number of thiophene rings is 1. The van der Waals surface area contributed by atoms with Gasteiger partial charge in [0.05, 0.1) is 26.0 Å². The summed E-state index contributed by atoms with van der Waals surface area (Å²) >= 11 is 8.42. The molecular formula is C24H18BrIN2O4S2. The minimum atomic E-state index is -0.600. The average molecular weight is 669 g/mol. The first-order valence-electron chi connectivity index (χ1n) is 10.1. The monoisotopic (exact) mass is 668 g/mol. The van der Waals surface area contributed by atoms with Crippen molar-refractivity contribution in [2.75, 3.05) is 13.2 Å². The Morgan fingerprint density at radius 1 is 1.44 bits per heavy atom. The topological polar surface area (TPSA) is 69.9 Å². The van der Waals surface area contributed by atoms with E-state index in [9.17, 15) is 9.59 Å². The van der Waals surface area contributed by atoms with Crippen LogP contribution in [0.5, 0.6) is 5.75 Å². The van der Waals surface area contributed by atoms with Crippen LogP contribution in [0.3, 0.4) is 0 Å². The van der Waals surface area contributed by atoms with E-state index < -0.39 is 12.0 Å². The molecule has 0 saturated heterocycles. The van der Waals surface area contributed by atoms with Crippen molar-refractivity contribution >= 4 is 73.2 Å². The zero-order valence-electron chi connectivity index (χ0n) is 18.1. The van der Waals surface area contributed by atoms with Crippen LogP contribution in [0.1, 0.15) is 30.3 Å². The van der Waals surface area contributed by atoms with Crippen molar-refractivity contribution in [1.82, 2.24) is 4.57 Å². The predicted molar refractivity (Wildman–Crippen MR) is 146 cm³/mol. The highest BCUT2D eigenvalue weighted by molar-refractivity contribution is 14.1. The molecular weight excluding hydrogens is 651 g/mol. The van der Waals surface area contributed by atoms with Crippen LogP contribution in [0.25, 0.3) is 6.08 Å². The van der Waals surface area contributed by atoms with Gasteiger partial charge in [0.2, 0.25) is 0 Å². The molecule has 10 heteroatoms. The zero-order valence-corrected chi connectivity index (χ0v) is 23.5. The molecule has 6 nitrogen and oxygen atoms in total. The SMILES string of the molecule is C#CCOc1c(I)cc(Br)cc1/C=c1\sc2n(c1=O)[C@@H](c1cccs1)C(C(=O)OCC)=C(C)N=2. The molecule has 34 heavy (non-hydrogen) atoms. The minimum absolute atomic E-state index is 0.111. The molecule has 0 amide bonds. The van der Waals surface area contributed by atoms with Crippen molar-refractivity contribution in [2.45, 2.75) is 19.9 Å². The number of esters is 1. The number of fused-ring (bicyclic) bond motifs is 1. The first-order chi connectivity index (χ1) is 16.3. The van der Waals surface area contributed by atoms with Gasteiger partial charge in [0.15, 0.2) is 4.80 Å². The van der Waals surface area contributed by atoms with Crippen LogP contribution in [0.2, 0.25) is 0 Å². The summed E-state index contributed by atoms with van der Waals surface area (Å²) in [5.74, 6) is 2.61. The van der Waals surface area contributed by atoms with Crippen LogP contribution in [0, 0.1) is 15.9 Å². The van der Waals surface area contributed by atoms with E-state index in [1.165, 1.54) is 22.7 Å². The standard InChI is InChI=1S/C24H18BrIN2O4S2/c1-4-8-32-21-14(10-15(25)12-16(21)26)11-18-22(29)28-20(17-7-6-9-33-17)19(23(30)31-5-2)13(3)27-24(28)34-18/h1,6-7,9-12,20H,5,8H2,2-3H3/b18-11-/t20-/m0/s1. The van der Waals surface area contributed by atoms with Gasteiger partial charge in [-0.1, -0.05) is 39.3 Å². The van der Waals surface area contributed by atoms with E-state index in [4.69, 9.17) is 15.9 Å². The van der Waals surface area contributed by atoms with E-state index in [1.807, 2.05) is 29.6 Å². The summed E-state index contributed by atoms with van der Waals surface area (Å²) in [6, 6.07) is 6.99. The van der Waals surface area contributed by atoms with Gasteiger partial charge in [-0.25, -0.2) is 9.79 Å². The number of allylic oxidation sites excluding steroid dienone is 1. The summed E-state index contributed by atoms with van der Waals surface area (Å²) in [6.45, 7) is 3.87. The quantitative estimate of drug-likeness (QED) is 0.224. The summed E-state index contributed by atoms with van der Waals surface area (Å²) < 4.78 is 14.8. The van der Waals surface area contributed by atoms with Crippen molar-refractivity contribution in [3.05, 3.63) is 79.1 Å². The highest BCUT2D eigenvalue weighted by atomic mass is 127. The van der Waals surface area contributed by atoms with Crippen LogP contribution in [-0.2, 0) is 9.53 Å². The molecule has 1 aliphatic rings. The lowest BCUT2D eigenvalue weighted by Crippen LogP contribution is -2.39. The number of hydrogen-bond acceptors (Lipinski definition) is 7. The molecule has 0 N–H and O–H groups in total. The number of carbonyl (C=O) groups is 1. The number of aromatic nitrogens is 1. The molecule has 0 fully saturated rings. The fourth-order valence-electron chi connectivity index (χ4n) is 3.60.